The van der Waals surface area contributed by atoms with Crippen molar-refractivity contribution in [3.05, 3.63) is 29.8 Å². The quantitative estimate of drug-likeness (QED) is 0.755. The number of benzene rings is 1. The monoisotopic (exact) mass is 208 g/mol. The van der Waals surface area contributed by atoms with Crippen LogP contribution in [0.4, 0.5) is 0 Å². The lowest BCUT2D eigenvalue weighted by Crippen LogP contribution is -2.26. The van der Waals surface area contributed by atoms with Gasteiger partial charge in [0.2, 0.25) is 0 Å². The molecule has 0 spiro atoms. The summed E-state index contributed by atoms with van der Waals surface area (Å²) in [5.41, 5.74) is 0.766. The first-order chi connectivity index (χ1) is 6.97. The highest BCUT2D eigenvalue weighted by atomic mass is 16.5. The summed E-state index contributed by atoms with van der Waals surface area (Å²) >= 11 is 0. The maximum Gasteiger partial charge on any atom is 0.124 e. The Balaban J connectivity index is 3.02. The zero-order chi connectivity index (χ0) is 11.5. The Kier molecular flexibility index (Phi) is 3.75. The van der Waals surface area contributed by atoms with Gasteiger partial charge in [-0.15, -0.1) is 0 Å². The summed E-state index contributed by atoms with van der Waals surface area (Å²) in [7, 11) is 1.68. The van der Waals surface area contributed by atoms with Crippen molar-refractivity contribution in [1.82, 2.24) is 0 Å². The largest absolute Gasteiger partial charge is 0.496 e. The van der Waals surface area contributed by atoms with Crippen LogP contribution in [0.2, 0.25) is 0 Å². The number of para-hydroxylation sites is 1. The molecule has 0 atom stereocenters. The molecule has 0 aliphatic rings. The Hall–Kier alpha value is -1.02. The third-order valence-electron chi connectivity index (χ3n) is 2.29. The number of hydrogen-bond donors (Lipinski definition) is 0. The molecule has 0 radical (unpaired) electrons. The van der Waals surface area contributed by atoms with Gasteiger partial charge in [0.05, 0.1) is 18.8 Å². The van der Waals surface area contributed by atoms with Gasteiger partial charge in [-0.2, -0.15) is 0 Å². The van der Waals surface area contributed by atoms with E-state index in [1.807, 2.05) is 38.1 Å². The Bertz CT molecular complexity index is 316. The van der Waals surface area contributed by atoms with Crippen LogP contribution in [-0.2, 0) is 10.3 Å². The molecule has 0 aliphatic carbocycles. The molecule has 84 valence electrons. The van der Waals surface area contributed by atoms with E-state index >= 15 is 0 Å². The molecule has 0 N–H and O–H groups in total. The molecule has 0 saturated heterocycles. The summed E-state index contributed by atoms with van der Waals surface area (Å²) in [5.74, 6) is 0.878. The van der Waals surface area contributed by atoms with Gasteiger partial charge in [-0.3, -0.25) is 0 Å². The number of rotatable bonds is 4. The zero-order valence-corrected chi connectivity index (χ0v) is 10.2. The van der Waals surface area contributed by atoms with Crippen LogP contribution >= 0.6 is 0 Å². The second-order valence-electron chi connectivity index (χ2n) is 4.38. The van der Waals surface area contributed by atoms with Gasteiger partial charge in [0, 0.05) is 5.56 Å². The van der Waals surface area contributed by atoms with Crippen molar-refractivity contribution >= 4 is 0 Å². The highest BCUT2D eigenvalue weighted by Gasteiger charge is 2.25. The summed E-state index contributed by atoms with van der Waals surface area (Å²) in [6.45, 7) is 8.20. The molecule has 0 amide bonds. The van der Waals surface area contributed by atoms with Gasteiger partial charge in [-0.05, 0) is 33.8 Å². The van der Waals surface area contributed by atoms with Gasteiger partial charge in [-0.25, -0.2) is 0 Å². The molecule has 1 aromatic rings. The number of methoxy groups -OCH3 is 1. The smallest absolute Gasteiger partial charge is 0.124 e. The highest BCUT2D eigenvalue weighted by Crippen LogP contribution is 2.33. The molecule has 15 heavy (non-hydrogen) atoms. The first kappa shape index (κ1) is 12.1. The molecular weight excluding hydrogens is 188 g/mol. The van der Waals surface area contributed by atoms with E-state index in [0.29, 0.717) is 0 Å². The minimum Gasteiger partial charge on any atom is -0.496 e. The standard InChI is InChI=1S/C13H20O2/c1-10(2)15-13(3,4)11-8-6-7-9-12(11)14-5/h6-10H,1-5H3. The average molecular weight is 208 g/mol. The summed E-state index contributed by atoms with van der Waals surface area (Å²) in [6.07, 6.45) is 0.199. The second-order valence-corrected chi connectivity index (χ2v) is 4.38. The van der Waals surface area contributed by atoms with E-state index < -0.39 is 0 Å². The molecule has 0 unspecified atom stereocenters. The highest BCUT2D eigenvalue weighted by molar-refractivity contribution is 5.37. The summed E-state index contributed by atoms with van der Waals surface area (Å²) in [6, 6.07) is 7.97. The van der Waals surface area contributed by atoms with E-state index in [9.17, 15) is 0 Å². The maximum atomic E-state index is 5.89. The average Bonchev–Trinajstić information content (AvgIpc) is 2.16. The lowest BCUT2D eigenvalue weighted by molar-refractivity contribution is -0.0611. The first-order valence-electron chi connectivity index (χ1n) is 5.28. The molecule has 0 aliphatic heterocycles. The minimum atomic E-state index is -0.319. The van der Waals surface area contributed by atoms with E-state index in [0.717, 1.165) is 11.3 Å². The first-order valence-corrected chi connectivity index (χ1v) is 5.28. The molecule has 0 bridgehead atoms. The van der Waals surface area contributed by atoms with E-state index in [4.69, 9.17) is 9.47 Å². The molecule has 1 aromatic carbocycles. The van der Waals surface area contributed by atoms with Gasteiger partial charge >= 0.3 is 0 Å². The lowest BCUT2D eigenvalue weighted by atomic mass is 9.96. The molecular formula is C13H20O2. The zero-order valence-electron chi connectivity index (χ0n) is 10.2. The molecule has 1 rings (SSSR count). The summed E-state index contributed by atoms with van der Waals surface area (Å²) in [4.78, 5) is 0. The van der Waals surface area contributed by atoms with Crippen LogP contribution in [0.5, 0.6) is 5.75 Å². The Morgan fingerprint density at radius 3 is 2.27 bits per heavy atom. The van der Waals surface area contributed by atoms with Crippen molar-refractivity contribution in [1.29, 1.82) is 0 Å². The van der Waals surface area contributed by atoms with Crippen molar-refractivity contribution in [2.45, 2.75) is 39.4 Å². The third kappa shape index (κ3) is 2.96. The van der Waals surface area contributed by atoms with Gasteiger partial charge in [-0.1, -0.05) is 18.2 Å². The molecule has 0 aromatic heterocycles. The van der Waals surface area contributed by atoms with Gasteiger partial charge in [0.25, 0.3) is 0 Å². The molecule has 2 nitrogen and oxygen atoms in total. The lowest BCUT2D eigenvalue weighted by Gasteiger charge is -2.29. The van der Waals surface area contributed by atoms with Crippen LogP contribution in [0.25, 0.3) is 0 Å². The SMILES string of the molecule is COc1ccccc1C(C)(C)OC(C)C. The van der Waals surface area contributed by atoms with Crippen LogP contribution < -0.4 is 4.74 Å². The topological polar surface area (TPSA) is 18.5 Å². The van der Waals surface area contributed by atoms with Gasteiger partial charge < -0.3 is 9.47 Å². The summed E-state index contributed by atoms with van der Waals surface area (Å²) < 4.78 is 11.2. The third-order valence-corrected chi connectivity index (χ3v) is 2.29. The van der Waals surface area contributed by atoms with E-state index in [2.05, 4.69) is 13.8 Å². The second kappa shape index (κ2) is 4.67. The van der Waals surface area contributed by atoms with Crippen LogP contribution in [0.1, 0.15) is 33.3 Å². The summed E-state index contributed by atoms with van der Waals surface area (Å²) in [5, 5.41) is 0. The molecule has 0 saturated carbocycles. The van der Waals surface area contributed by atoms with Crippen molar-refractivity contribution < 1.29 is 9.47 Å². The Labute approximate surface area is 92.2 Å². The van der Waals surface area contributed by atoms with Crippen LogP contribution in [0, 0.1) is 0 Å². The number of hydrogen-bond acceptors (Lipinski definition) is 2. The molecule has 0 fully saturated rings. The van der Waals surface area contributed by atoms with Crippen LogP contribution in [0.3, 0.4) is 0 Å². The molecule has 0 heterocycles. The molecule has 2 heteroatoms. The number of ether oxygens (including phenoxy) is 2. The Morgan fingerprint density at radius 1 is 1.13 bits per heavy atom. The van der Waals surface area contributed by atoms with Crippen LogP contribution in [-0.4, -0.2) is 13.2 Å². The normalized spacial score (nSPS) is 11.9. The van der Waals surface area contributed by atoms with E-state index in [-0.39, 0.29) is 11.7 Å². The van der Waals surface area contributed by atoms with Crippen molar-refractivity contribution in [3.8, 4) is 5.75 Å². The van der Waals surface area contributed by atoms with E-state index in [1.54, 1.807) is 7.11 Å². The minimum absolute atomic E-state index is 0.199. The van der Waals surface area contributed by atoms with Crippen molar-refractivity contribution in [2.24, 2.45) is 0 Å². The fourth-order valence-corrected chi connectivity index (χ4v) is 1.79. The van der Waals surface area contributed by atoms with Gasteiger partial charge in [0.1, 0.15) is 5.75 Å². The fraction of sp³-hybridized carbons (Fsp3) is 0.538. The van der Waals surface area contributed by atoms with Crippen LogP contribution in [0.15, 0.2) is 24.3 Å². The van der Waals surface area contributed by atoms with Crippen molar-refractivity contribution in [3.63, 3.8) is 0 Å². The van der Waals surface area contributed by atoms with Crippen molar-refractivity contribution in [2.75, 3.05) is 7.11 Å². The predicted molar refractivity (Wildman–Crippen MR) is 62.2 cm³/mol. The van der Waals surface area contributed by atoms with E-state index in [1.165, 1.54) is 0 Å². The fourth-order valence-electron chi connectivity index (χ4n) is 1.79. The predicted octanol–water partition coefficient (Wildman–Crippen LogP) is 3.36. The van der Waals surface area contributed by atoms with Gasteiger partial charge in [0.15, 0.2) is 0 Å². The Morgan fingerprint density at radius 2 is 1.73 bits per heavy atom. The maximum absolute atomic E-state index is 5.89.